The molecule has 0 spiro atoms. The molecule has 0 saturated heterocycles. The first kappa shape index (κ1) is 22.6. The minimum absolute atomic E-state index is 0.0367. The van der Waals surface area contributed by atoms with Crippen LogP contribution in [0.15, 0.2) is 35.6 Å². The second-order valence-electron chi connectivity index (χ2n) is 5.74. The summed E-state index contributed by atoms with van der Waals surface area (Å²) < 4.78 is 10.1. The first-order valence-electron chi connectivity index (χ1n) is 8.75. The third kappa shape index (κ3) is 7.03. The monoisotopic (exact) mass is 437 g/mol. The first-order chi connectivity index (χ1) is 13.9. The maximum Gasteiger partial charge on any atom is 0.359 e. The number of rotatable bonds is 9. The quantitative estimate of drug-likeness (QED) is 0.274. The third-order valence-electron chi connectivity index (χ3n) is 3.57. The van der Waals surface area contributed by atoms with Gasteiger partial charge in [0.2, 0.25) is 0 Å². The van der Waals surface area contributed by atoms with Crippen LogP contribution in [0.5, 0.6) is 0 Å². The number of halogens is 1. The van der Waals surface area contributed by atoms with Crippen LogP contribution in [0.1, 0.15) is 40.6 Å². The van der Waals surface area contributed by atoms with E-state index in [-0.39, 0.29) is 10.7 Å². The summed E-state index contributed by atoms with van der Waals surface area (Å²) in [6, 6.07) is 6.20. The molecule has 0 saturated carbocycles. The molecule has 10 heteroatoms. The van der Waals surface area contributed by atoms with Crippen LogP contribution in [-0.4, -0.2) is 47.3 Å². The summed E-state index contributed by atoms with van der Waals surface area (Å²) >= 11 is 7.14. The molecule has 0 atom stereocenters. The van der Waals surface area contributed by atoms with Crippen molar-refractivity contribution in [3.8, 4) is 0 Å². The molecule has 0 aliphatic heterocycles. The topological polar surface area (TPSA) is 107 Å². The second kappa shape index (κ2) is 11.4. The predicted molar refractivity (Wildman–Crippen MR) is 109 cm³/mol. The predicted octanol–water partition coefficient (Wildman–Crippen LogP) is 3.60. The number of carbonyl (C=O) groups excluding carboxylic acids is 3. The van der Waals surface area contributed by atoms with Gasteiger partial charge in [-0.1, -0.05) is 36.7 Å². The Morgan fingerprint density at radius 2 is 1.86 bits per heavy atom. The maximum atomic E-state index is 12.1. The molecule has 29 heavy (non-hydrogen) atoms. The Morgan fingerprint density at radius 3 is 2.52 bits per heavy atom. The highest BCUT2D eigenvalue weighted by atomic mass is 35.5. The van der Waals surface area contributed by atoms with Gasteiger partial charge in [-0.2, -0.15) is 0 Å². The molecule has 1 heterocycles. The van der Waals surface area contributed by atoms with Gasteiger partial charge in [-0.3, -0.25) is 4.79 Å². The van der Waals surface area contributed by atoms with Gasteiger partial charge >= 0.3 is 11.9 Å². The Bertz CT molecular complexity index is 877. The average molecular weight is 438 g/mol. The zero-order valence-corrected chi connectivity index (χ0v) is 17.5. The zero-order chi connectivity index (χ0) is 21.2. The SMILES string of the molecule is CCCCOC(=O)c1ccc(NC(=O)COC(=O)c2nc(SC)ncc2Cl)cc1. The van der Waals surface area contributed by atoms with Crippen LogP contribution in [0.2, 0.25) is 5.02 Å². The molecule has 0 radical (unpaired) electrons. The van der Waals surface area contributed by atoms with E-state index < -0.39 is 24.5 Å². The Kier molecular flexibility index (Phi) is 8.88. The van der Waals surface area contributed by atoms with Crippen molar-refractivity contribution in [3.05, 3.63) is 46.7 Å². The van der Waals surface area contributed by atoms with Crippen LogP contribution in [0.25, 0.3) is 0 Å². The van der Waals surface area contributed by atoms with E-state index in [1.807, 2.05) is 6.92 Å². The van der Waals surface area contributed by atoms with Gasteiger partial charge in [-0.05, 0) is 36.9 Å². The normalized spacial score (nSPS) is 10.3. The van der Waals surface area contributed by atoms with Crippen LogP contribution in [0.4, 0.5) is 5.69 Å². The highest BCUT2D eigenvalue weighted by Crippen LogP contribution is 2.17. The number of ether oxygens (including phenoxy) is 2. The first-order valence-corrected chi connectivity index (χ1v) is 10.4. The number of amides is 1. The van der Waals surface area contributed by atoms with Gasteiger partial charge in [-0.15, -0.1) is 0 Å². The Balaban J connectivity index is 1.86. The Hall–Kier alpha value is -2.65. The summed E-state index contributed by atoms with van der Waals surface area (Å²) in [6.45, 7) is 1.86. The van der Waals surface area contributed by atoms with Crippen molar-refractivity contribution in [3.63, 3.8) is 0 Å². The number of thioether (sulfide) groups is 1. The zero-order valence-electron chi connectivity index (χ0n) is 15.9. The molecule has 0 aliphatic rings. The number of unbranched alkanes of at least 4 members (excludes halogenated alkanes) is 1. The van der Waals surface area contributed by atoms with Crippen LogP contribution >= 0.6 is 23.4 Å². The van der Waals surface area contributed by atoms with E-state index in [2.05, 4.69) is 15.3 Å². The molecule has 1 aromatic heterocycles. The molecule has 0 bridgehead atoms. The van der Waals surface area contributed by atoms with E-state index in [1.54, 1.807) is 30.5 Å². The summed E-state index contributed by atoms with van der Waals surface area (Å²) in [5.74, 6) is -1.79. The van der Waals surface area contributed by atoms with Crippen LogP contribution < -0.4 is 5.32 Å². The molecule has 1 amide bonds. The fourth-order valence-electron chi connectivity index (χ4n) is 2.07. The molecule has 0 fully saturated rings. The van der Waals surface area contributed by atoms with E-state index in [9.17, 15) is 14.4 Å². The molecule has 1 aromatic carbocycles. The maximum absolute atomic E-state index is 12.1. The number of carbonyl (C=O) groups is 3. The molecule has 0 aliphatic carbocycles. The highest BCUT2D eigenvalue weighted by Gasteiger charge is 2.17. The van der Waals surface area contributed by atoms with Crippen molar-refractivity contribution in [2.75, 3.05) is 24.8 Å². The van der Waals surface area contributed by atoms with Crippen LogP contribution in [0.3, 0.4) is 0 Å². The molecular formula is C19H20ClN3O5S. The summed E-state index contributed by atoms with van der Waals surface area (Å²) in [7, 11) is 0. The van der Waals surface area contributed by atoms with Crippen LogP contribution in [0, 0.1) is 0 Å². The standard InChI is InChI=1S/C19H20ClN3O5S/c1-3-4-9-27-17(25)12-5-7-13(8-6-12)22-15(24)11-28-18(26)16-14(20)10-21-19(23-16)29-2/h5-8,10H,3-4,9,11H2,1-2H3,(H,22,24). The minimum Gasteiger partial charge on any atom is -0.462 e. The minimum atomic E-state index is -0.826. The lowest BCUT2D eigenvalue weighted by Crippen LogP contribution is -2.21. The van der Waals surface area contributed by atoms with Crippen molar-refractivity contribution < 1.29 is 23.9 Å². The van der Waals surface area contributed by atoms with E-state index in [0.717, 1.165) is 12.8 Å². The van der Waals surface area contributed by atoms with Crippen molar-refractivity contribution >= 4 is 46.9 Å². The average Bonchev–Trinajstić information content (AvgIpc) is 2.73. The molecule has 1 N–H and O–H groups in total. The van der Waals surface area contributed by atoms with Crippen molar-refractivity contribution in [2.24, 2.45) is 0 Å². The smallest absolute Gasteiger partial charge is 0.359 e. The summed E-state index contributed by atoms with van der Waals surface area (Å²) in [6.07, 6.45) is 4.79. The van der Waals surface area contributed by atoms with Crippen molar-refractivity contribution in [1.82, 2.24) is 9.97 Å². The number of hydrogen-bond donors (Lipinski definition) is 1. The Labute approximate surface area is 177 Å². The fraction of sp³-hybridized carbons (Fsp3) is 0.316. The van der Waals surface area contributed by atoms with E-state index in [0.29, 0.717) is 23.0 Å². The number of aromatic nitrogens is 2. The fourth-order valence-corrected chi connectivity index (χ4v) is 2.58. The molecule has 154 valence electrons. The van der Waals surface area contributed by atoms with Gasteiger partial charge in [0.05, 0.1) is 23.4 Å². The molecule has 2 aromatic rings. The van der Waals surface area contributed by atoms with Gasteiger partial charge in [0.25, 0.3) is 5.91 Å². The number of anilines is 1. The third-order valence-corrected chi connectivity index (χ3v) is 4.41. The van der Waals surface area contributed by atoms with Crippen molar-refractivity contribution in [1.29, 1.82) is 0 Å². The second-order valence-corrected chi connectivity index (χ2v) is 6.92. The molecular weight excluding hydrogens is 418 g/mol. The van der Waals surface area contributed by atoms with Gasteiger partial charge in [0.15, 0.2) is 17.5 Å². The number of benzene rings is 1. The number of nitrogens with one attached hydrogen (secondary N) is 1. The summed E-state index contributed by atoms with van der Waals surface area (Å²) in [4.78, 5) is 43.8. The van der Waals surface area contributed by atoms with Gasteiger partial charge in [0.1, 0.15) is 0 Å². The lowest BCUT2D eigenvalue weighted by atomic mass is 10.2. The lowest BCUT2D eigenvalue weighted by molar-refractivity contribution is -0.119. The van der Waals surface area contributed by atoms with E-state index in [4.69, 9.17) is 21.1 Å². The van der Waals surface area contributed by atoms with Gasteiger partial charge in [0, 0.05) is 5.69 Å². The number of nitrogens with zero attached hydrogens (tertiary/aromatic N) is 2. The molecule has 0 unspecified atom stereocenters. The van der Waals surface area contributed by atoms with Gasteiger partial charge in [-0.25, -0.2) is 19.6 Å². The number of esters is 2. The summed E-state index contributed by atoms with van der Waals surface area (Å²) in [5.41, 5.74) is 0.721. The summed E-state index contributed by atoms with van der Waals surface area (Å²) in [5, 5.41) is 2.96. The molecule has 2 rings (SSSR count). The largest absolute Gasteiger partial charge is 0.462 e. The van der Waals surface area contributed by atoms with E-state index in [1.165, 1.54) is 18.0 Å². The van der Waals surface area contributed by atoms with E-state index >= 15 is 0 Å². The van der Waals surface area contributed by atoms with Crippen molar-refractivity contribution in [2.45, 2.75) is 24.9 Å². The number of hydrogen-bond acceptors (Lipinski definition) is 8. The lowest BCUT2D eigenvalue weighted by Gasteiger charge is -2.08. The van der Waals surface area contributed by atoms with Crippen LogP contribution in [-0.2, 0) is 14.3 Å². The van der Waals surface area contributed by atoms with Gasteiger partial charge < -0.3 is 14.8 Å². The molecule has 8 nitrogen and oxygen atoms in total. The Morgan fingerprint density at radius 1 is 1.14 bits per heavy atom. The highest BCUT2D eigenvalue weighted by molar-refractivity contribution is 7.98.